The fourth-order valence-corrected chi connectivity index (χ4v) is 2.67. The number of rotatable bonds is 7. The summed E-state index contributed by atoms with van der Waals surface area (Å²) in [6, 6.07) is 4.43. The second kappa shape index (κ2) is 7.14. The van der Waals surface area contributed by atoms with Crippen LogP contribution in [0.25, 0.3) is 0 Å². The van der Waals surface area contributed by atoms with Crippen molar-refractivity contribution in [1.29, 1.82) is 0 Å². The van der Waals surface area contributed by atoms with Crippen molar-refractivity contribution in [2.24, 2.45) is 0 Å². The summed E-state index contributed by atoms with van der Waals surface area (Å²) in [6.07, 6.45) is -2.90. The van der Waals surface area contributed by atoms with Crippen molar-refractivity contribution in [2.75, 3.05) is 6.54 Å². The van der Waals surface area contributed by atoms with Gasteiger partial charge in [-0.1, -0.05) is 6.92 Å². The first-order chi connectivity index (χ1) is 8.42. The Morgan fingerprint density at radius 1 is 1.28 bits per heavy atom. The molecule has 0 saturated heterocycles. The van der Waals surface area contributed by atoms with Gasteiger partial charge in [0.25, 0.3) is 0 Å². The van der Waals surface area contributed by atoms with Crippen molar-refractivity contribution < 1.29 is 13.2 Å². The van der Waals surface area contributed by atoms with Gasteiger partial charge in [-0.05, 0) is 44.9 Å². The minimum atomic E-state index is -4.02. The molecule has 0 bridgehead atoms. The van der Waals surface area contributed by atoms with Gasteiger partial charge in [0, 0.05) is 22.2 Å². The normalized spacial score (nSPS) is 13.8. The van der Waals surface area contributed by atoms with Gasteiger partial charge in [-0.25, -0.2) is 0 Å². The molecular formula is C13H20F3NS. The van der Waals surface area contributed by atoms with E-state index in [9.17, 15) is 13.2 Å². The van der Waals surface area contributed by atoms with Gasteiger partial charge in [-0.15, -0.1) is 11.3 Å². The predicted molar refractivity (Wildman–Crippen MR) is 70.0 cm³/mol. The van der Waals surface area contributed by atoms with E-state index in [0.29, 0.717) is 13.0 Å². The molecule has 0 aromatic carbocycles. The van der Waals surface area contributed by atoms with Crippen molar-refractivity contribution in [3.05, 3.63) is 21.9 Å². The number of hydrogen-bond acceptors (Lipinski definition) is 2. The number of halogens is 3. The molecule has 0 spiro atoms. The molecule has 18 heavy (non-hydrogen) atoms. The van der Waals surface area contributed by atoms with Crippen molar-refractivity contribution in [2.45, 2.75) is 51.7 Å². The minimum Gasteiger partial charge on any atom is -0.309 e. The van der Waals surface area contributed by atoms with Crippen molar-refractivity contribution in [3.63, 3.8) is 0 Å². The lowest BCUT2D eigenvalue weighted by Crippen LogP contribution is -2.19. The van der Waals surface area contributed by atoms with Crippen LogP contribution in [-0.2, 0) is 6.42 Å². The molecule has 0 aliphatic rings. The molecule has 0 radical (unpaired) electrons. The van der Waals surface area contributed by atoms with Gasteiger partial charge in [0.1, 0.15) is 0 Å². The van der Waals surface area contributed by atoms with Gasteiger partial charge in [-0.3, -0.25) is 0 Å². The number of thiophene rings is 1. The third-order valence-corrected chi connectivity index (χ3v) is 4.21. The predicted octanol–water partition coefficient (Wildman–Crippen LogP) is 4.69. The van der Waals surface area contributed by atoms with E-state index in [1.165, 1.54) is 9.75 Å². The van der Waals surface area contributed by atoms with E-state index in [2.05, 4.69) is 31.3 Å². The minimum absolute atomic E-state index is 0.202. The number of aryl methyl sites for hydroxylation is 1. The summed E-state index contributed by atoms with van der Waals surface area (Å²) in [5, 5.41) is 3.27. The quantitative estimate of drug-likeness (QED) is 0.714. The zero-order valence-electron chi connectivity index (χ0n) is 10.8. The SMILES string of the molecule is CCc1ccc(C(C)NCCCCC(F)(F)F)s1. The Balaban J connectivity index is 2.19. The average Bonchev–Trinajstić information content (AvgIpc) is 2.75. The van der Waals surface area contributed by atoms with Crippen molar-refractivity contribution in [3.8, 4) is 0 Å². The van der Waals surface area contributed by atoms with Crippen LogP contribution in [-0.4, -0.2) is 12.7 Å². The zero-order chi connectivity index (χ0) is 13.6. The fraction of sp³-hybridized carbons (Fsp3) is 0.692. The van der Waals surface area contributed by atoms with Gasteiger partial charge in [0.2, 0.25) is 0 Å². The molecule has 0 fully saturated rings. The smallest absolute Gasteiger partial charge is 0.309 e. The van der Waals surface area contributed by atoms with E-state index >= 15 is 0 Å². The molecule has 1 atom stereocenters. The van der Waals surface area contributed by atoms with E-state index in [4.69, 9.17) is 0 Å². The van der Waals surface area contributed by atoms with E-state index in [-0.39, 0.29) is 12.5 Å². The zero-order valence-corrected chi connectivity index (χ0v) is 11.6. The summed E-state index contributed by atoms with van der Waals surface area (Å²) in [5.41, 5.74) is 0. The molecule has 1 aromatic heterocycles. The maximum atomic E-state index is 11.9. The van der Waals surface area contributed by atoms with Crippen LogP contribution in [0.15, 0.2) is 12.1 Å². The first kappa shape index (κ1) is 15.5. The van der Waals surface area contributed by atoms with Crippen LogP contribution in [0.1, 0.15) is 48.9 Å². The summed E-state index contributed by atoms with van der Waals surface area (Å²) >= 11 is 1.77. The van der Waals surface area contributed by atoms with Crippen LogP contribution in [0.4, 0.5) is 13.2 Å². The topological polar surface area (TPSA) is 12.0 Å². The van der Waals surface area contributed by atoms with Gasteiger partial charge in [0.15, 0.2) is 0 Å². The van der Waals surface area contributed by atoms with Gasteiger partial charge >= 0.3 is 6.18 Å². The molecule has 0 saturated carbocycles. The Labute approximate surface area is 110 Å². The number of alkyl halides is 3. The molecule has 1 N–H and O–H groups in total. The largest absolute Gasteiger partial charge is 0.389 e. The first-order valence-electron chi connectivity index (χ1n) is 6.31. The average molecular weight is 279 g/mol. The maximum absolute atomic E-state index is 11.9. The second-order valence-corrected chi connectivity index (χ2v) is 5.61. The fourth-order valence-electron chi connectivity index (χ4n) is 1.69. The van der Waals surface area contributed by atoms with Crippen LogP contribution in [0.3, 0.4) is 0 Å². The Hall–Kier alpha value is -0.550. The lowest BCUT2D eigenvalue weighted by Gasteiger charge is -2.12. The first-order valence-corrected chi connectivity index (χ1v) is 7.12. The number of unbranched alkanes of at least 4 members (excludes halogenated alkanes) is 1. The molecule has 1 unspecified atom stereocenters. The molecule has 1 nitrogen and oxygen atoms in total. The van der Waals surface area contributed by atoms with Crippen LogP contribution in [0.2, 0.25) is 0 Å². The van der Waals surface area contributed by atoms with E-state index in [0.717, 1.165) is 6.42 Å². The van der Waals surface area contributed by atoms with Crippen molar-refractivity contribution >= 4 is 11.3 Å². The van der Waals surface area contributed by atoms with E-state index in [1.54, 1.807) is 11.3 Å². The highest BCUT2D eigenvalue weighted by Gasteiger charge is 2.25. The lowest BCUT2D eigenvalue weighted by molar-refractivity contribution is -0.135. The standard InChI is InChI=1S/C13H20F3NS/c1-3-11-6-7-12(18-11)10(2)17-9-5-4-8-13(14,15)16/h6-7,10,17H,3-5,8-9H2,1-2H3. The lowest BCUT2D eigenvalue weighted by atomic mass is 10.2. The molecule has 5 heteroatoms. The second-order valence-electron chi connectivity index (χ2n) is 4.41. The molecule has 0 aliphatic carbocycles. The van der Waals surface area contributed by atoms with Gasteiger partial charge in [0.05, 0.1) is 0 Å². The Bertz CT molecular complexity index is 346. The van der Waals surface area contributed by atoms with Crippen LogP contribution < -0.4 is 5.32 Å². The Morgan fingerprint density at radius 2 is 2.00 bits per heavy atom. The van der Waals surface area contributed by atoms with Gasteiger partial charge in [-0.2, -0.15) is 13.2 Å². The summed E-state index contributed by atoms with van der Waals surface area (Å²) in [6.45, 7) is 4.80. The monoisotopic (exact) mass is 279 g/mol. The third-order valence-electron chi connectivity index (χ3n) is 2.80. The highest BCUT2D eigenvalue weighted by Crippen LogP contribution is 2.24. The highest BCUT2D eigenvalue weighted by atomic mass is 32.1. The Morgan fingerprint density at radius 3 is 2.56 bits per heavy atom. The summed E-state index contributed by atoms with van der Waals surface area (Å²) in [4.78, 5) is 2.60. The third kappa shape index (κ3) is 5.87. The van der Waals surface area contributed by atoms with Crippen molar-refractivity contribution in [1.82, 2.24) is 5.32 Å². The van der Waals surface area contributed by atoms with Gasteiger partial charge < -0.3 is 5.32 Å². The van der Waals surface area contributed by atoms with Crippen LogP contribution in [0.5, 0.6) is 0 Å². The summed E-state index contributed by atoms with van der Waals surface area (Å²) in [5.74, 6) is 0. The molecule has 0 amide bonds. The molecular weight excluding hydrogens is 259 g/mol. The van der Waals surface area contributed by atoms with Crippen LogP contribution in [0, 0.1) is 0 Å². The summed E-state index contributed by atoms with van der Waals surface area (Å²) < 4.78 is 35.8. The number of hydrogen-bond donors (Lipinski definition) is 1. The molecule has 1 heterocycles. The number of nitrogens with one attached hydrogen (secondary N) is 1. The molecule has 1 rings (SSSR count). The van der Waals surface area contributed by atoms with Crippen LogP contribution >= 0.6 is 11.3 Å². The highest BCUT2D eigenvalue weighted by molar-refractivity contribution is 7.12. The molecule has 1 aromatic rings. The molecule has 0 aliphatic heterocycles. The summed E-state index contributed by atoms with van der Waals surface area (Å²) in [7, 11) is 0. The van der Waals surface area contributed by atoms with E-state index in [1.807, 2.05) is 0 Å². The molecule has 104 valence electrons. The van der Waals surface area contributed by atoms with E-state index < -0.39 is 12.6 Å². The Kier molecular flexibility index (Phi) is 6.15. The maximum Gasteiger partial charge on any atom is 0.389 e.